The summed E-state index contributed by atoms with van der Waals surface area (Å²) < 4.78 is 17.8. The fourth-order valence-electron chi connectivity index (χ4n) is 4.22. The Kier molecular flexibility index (Phi) is 9.79. The van der Waals surface area contributed by atoms with Gasteiger partial charge in [-0.3, -0.25) is 4.52 Å². The van der Waals surface area contributed by atoms with Crippen LogP contribution in [-0.2, 0) is 30.7 Å². The summed E-state index contributed by atoms with van der Waals surface area (Å²) in [5, 5.41) is 0. The van der Waals surface area contributed by atoms with Gasteiger partial charge in [0.15, 0.2) is 0 Å². The second-order valence-corrected chi connectivity index (χ2v) is 14.8. The van der Waals surface area contributed by atoms with E-state index in [0.29, 0.717) is 0 Å². The van der Waals surface area contributed by atoms with E-state index in [2.05, 4.69) is 107 Å². The van der Waals surface area contributed by atoms with E-state index in [1.807, 2.05) is 12.1 Å². The standard InChI is InChI=1S/C29H45O4P.Mg.2H/c1-26(2,3)19-13-15-21(23(17-19)28(7,8)9)25(33-34(30,31)32)22-16-14-20(27(4,5)6)18-24(22)29(10,11)12;;;/h13-18,25H,1-12H3,(H2,30,31,32);;;/q;+2;2*-1. The molecule has 0 radical (unpaired) electrons. The van der Waals surface area contributed by atoms with Crippen molar-refractivity contribution in [2.24, 2.45) is 0 Å². The van der Waals surface area contributed by atoms with E-state index < -0.39 is 13.9 Å². The van der Waals surface area contributed by atoms with Gasteiger partial charge >= 0.3 is 30.9 Å². The van der Waals surface area contributed by atoms with Crippen LogP contribution in [0.15, 0.2) is 36.4 Å². The summed E-state index contributed by atoms with van der Waals surface area (Å²) in [6.07, 6.45) is -0.896. The minimum Gasteiger partial charge on any atom is -1.00 e. The molecule has 0 spiro atoms. The van der Waals surface area contributed by atoms with Gasteiger partial charge in [-0.05, 0) is 55.0 Å². The summed E-state index contributed by atoms with van der Waals surface area (Å²) in [6.45, 7) is 25.8. The van der Waals surface area contributed by atoms with Gasteiger partial charge in [0.25, 0.3) is 0 Å². The molecule has 0 amide bonds. The minimum absolute atomic E-state index is 0. The van der Waals surface area contributed by atoms with E-state index in [0.717, 1.165) is 22.3 Å². The van der Waals surface area contributed by atoms with Gasteiger partial charge in [-0.25, -0.2) is 4.57 Å². The molecule has 2 rings (SSSR count). The largest absolute Gasteiger partial charge is 2.00 e. The number of phosphoric ester groups is 1. The summed E-state index contributed by atoms with van der Waals surface area (Å²) >= 11 is 0. The molecule has 2 N–H and O–H groups in total. The van der Waals surface area contributed by atoms with Gasteiger partial charge in [-0.15, -0.1) is 0 Å². The molecule has 0 heterocycles. The minimum atomic E-state index is -4.79. The molecule has 2 aromatic carbocycles. The zero-order valence-corrected chi connectivity index (χ0v) is 26.2. The van der Waals surface area contributed by atoms with E-state index in [9.17, 15) is 14.4 Å². The second-order valence-electron chi connectivity index (χ2n) is 13.6. The molecule has 0 aliphatic heterocycles. The van der Waals surface area contributed by atoms with Crippen LogP contribution in [0.3, 0.4) is 0 Å². The first kappa shape index (κ1) is 32.3. The van der Waals surface area contributed by atoms with Crippen LogP contribution in [0.5, 0.6) is 0 Å². The van der Waals surface area contributed by atoms with E-state index in [4.69, 9.17) is 4.52 Å². The van der Waals surface area contributed by atoms with Crippen molar-refractivity contribution in [1.82, 2.24) is 0 Å². The molecule has 0 unspecified atom stereocenters. The Bertz CT molecular complexity index is 1010. The number of hydrogen-bond donors (Lipinski definition) is 2. The molecule has 4 nitrogen and oxygen atoms in total. The van der Waals surface area contributed by atoms with E-state index in [1.54, 1.807) is 0 Å². The Balaban J connectivity index is 0. The third-order valence-corrected chi connectivity index (χ3v) is 6.75. The molecule has 0 fully saturated rings. The zero-order chi connectivity index (χ0) is 26.5. The molecule has 0 aliphatic carbocycles. The summed E-state index contributed by atoms with van der Waals surface area (Å²) in [5.41, 5.74) is 5.38. The molecule has 194 valence electrons. The Morgan fingerprint density at radius 2 is 0.971 bits per heavy atom. The average molecular weight is 515 g/mol. The molecule has 0 saturated carbocycles. The topological polar surface area (TPSA) is 66.8 Å². The Hall–Kier alpha value is -0.684. The first-order valence-electron chi connectivity index (χ1n) is 12.1. The van der Waals surface area contributed by atoms with Gasteiger partial charge in [0.1, 0.15) is 6.10 Å². The smallest absolute Gasteiger partial charge is 1.00 e. The van der Waals surface area contributed by atoms with Crippen molar-refractivity contribution in [3.8, 4) is 0 Å². The predicted octanol–water partition coefficient (Wildman–Crippen LogP) is 7.92. The second kappa shape index (κ2) is 10.6. The maximum Gasteiger partial charge on any atom is 2.00 e. The maximum atomic E-state index is 12.2. The Morgan fingerprint density at radius 3 is 1.20 bits per heavy atom. The van der Waals surface area contributed by atoms with Gasteiger partial charge in [-0.2, -0.15) is 0 Å². The van der Waals surface area contributed by atoms with Crippen molar-refractivity contribution in [3.63, 3.8) is 0 Å². The third kappa shape index (κ3) is 8.41. The monoisotopic (exact) mass is 514 g/mol. The van der Waals surface area contributed by atoms with Crippen LogP contribution in [-0.4, -0.2) is 32.8 Å². The van der Waals surface area contributed by atoms with E-state index in [1.165, 1.54) is 11.1 Å². The molecule has 0 aliphatic rings. The predicted molar refractivity (Wildman–Crippen MR) is 151 cm³/mol. The Morgan fingerprint density at radius 1 is 0.657 bits per heavy atom. The van der Waals surface area contributed by atoms with Crippen LogP contribution < -0.4 is 0 Å². The van der Waals surface area contributed by atoms with Crippen LogP contribution in [0.25, 0.3) is 0 Å². The summed E-state index contributed by atoms with van der Waals surface area (Å²) in [7, 11) is -4.79. The molecule has 0 aromatic heterocycles. The van der Waals surface area contributed by atoms with E-state index in [-0.39, 0.29) is 47.6 Å². The van der Waals surface area contributed by atoms with Crippen molar-refractivity contribution in [2.75, 3.05) is 0 Å². The van der Waals surface area contributed by atoms with E-state index >= 15 is 0 Å². The average Bonchev–Trinajstić information content (AvgIpc) is 2.61. The number of rotatable bonds is 4. The van der Waals surface area contributed by atoms with Crippen molar-refractivity contribution >= 4 is 30.9 Å². The zero-order valence-electron chi connectivity index (χ0n) is 25.9. The number of hydrogen-bond acceptors (Lipinski definition) is 2. The van der Waals surface area contributed by atoms with Gasteiger partial charge in [-0.1, -0.05) is 119 Å². The van der Waals surface area contributed by atoms with Gasteiger partial charge in [0.05, 0.1) is 0 Å². The van der Waals surface area contributed by atoms with Gasteiger partial charge in [0.2, 0.25) is 0 Å². The Labute approximate surface area is 232 Å². The summed E-state index contributed by atoms with van der Waals surface area (Å²) in [6, 6.07) is 12.4. The van der Waals surface area contributed by atoms with Gasteiger partial charge in [0, 0.05) is 0 Å². The molecule has 0 atom stereocenters. The SMILES string of the molecule is CC(C)(C)c1ccc(C(OP(=O)(O)O)c2ccc(C(C)(C)C)cc2C(C)(C)C)c(C(C)(C)C)c1.[H-].[H-].[Mg+2]. The maximum absolute atomic E-state index is 12.2. The molecular formula is C29H47MgO4P. The number of phosphoric acid groups is 1. The van der Waals surface area contributed by atoms with Crippen LogP contribution in [0.1, 0.15) is 125 Å². The quantitative estimate of drug-likeness (QED) is 0.321. The fourth-order valence-corrected chi connectivity index (χ4v) is 4.72. The molecule has 6 heteroatoms. The van der Waals surface area contributed by atoms with Gasteiger partial charge < -0.3 is 12.6 Å². The summed E-state index contributed by atoms with van der Waals surface area (Å²) in [4.78, 5) is 19.9. The van der Waals surface area contributed by atoms with Crippen LogP contribution in [0.4, 0.5) is 0 Å². The first-order valence-corrected chi connectivity index (χ1v) is 13.6. The normalized spacial score (nSPS) is 13.7. The molecule has 0 saturated heterocycles. The van der Waals surface area contributed by atoms with Crippen LogP contribution >= 0.6 is 7.82 Å². The van der Waals surface area contributed by atoms with Crippen molar-refractivity contribution in [1.29, 1.82) is 0 Å². The van der Waals surface area contributed by atoms with Crippen LogP contribution in [0.2, 0.25) is 0 Å². The molecule has 2 aromatic rings. The molecular weight excluding hydrogens is 468 g/mol. The molecule has 0 bridgehead atoms. The van der Waals surface area contributed by atoms with Crippen LogP contribution in [0, 0.1) is 0 Å². The third-order valence-electron chi connectivity index (χ3n) is 6.26. The molecule has 35 heavy (non-hydrogen) atoms. The van der Waals surface area contributed by atoms with Crippen molar-refractivity contribution < 1.29 is 21.7 Å². The summed E-state index contributed by atoms with van der Waals surface area (Å²) in [5.74, 6) is 0. The number of benzene rings is 2. The first-order chi connectivity index (χ1) is 15.0. The van der Waals surface area contributed by atoms with Crippen molar-refractivity contribution in [3.05, 3.63) is 69.8 Å². The van der Waals surface area contributed by atoms with Crippen molar-refractivity contribution in [2.45, 2.75) is 111 Å². The fraction of sp³-hybridized carbons (Fsp3) is 0.586.